The molecule has 0 aliphatic rings. The first-order valence-electron chi connectivity index (χ1n) is 7.29. The van der Waals surface area contributed by atoms with Gasteiger partial charge in [0.25, 0.3) is 5.91 Å². The molecule has 6 heteroatoms. The molecule has 2 aromatic rings. The maximum absolute atomic E-state index is 12.1. The molecule has 0 heterocycles. The van der Waals surface area contributed by atoms with Gasteiger partial charge in [-0.25, -0.2) is 4.79 Å². The second kappa shape index (κ2) is 7.84. The van der Waals surface area contributed by atoms with Gasteiger partial charge in [0.2, 0.25) is 0 Å². The van der Waals surface area contributed by atoms with Crippen molar-refractivity contribution in [1.29, 1.82) is 0 Å². The highest BCUT2D eigenvalue weighted by Crippen LogP contribution is 2.27. The molecule has 2 aromatic carbocycles. The molecule has 0 aromatic heterocycles. The Morgan fingerprint density at radius 3 is 2.38 bits per heavy atom. The van der Waals surface area contributed by atoms with Crippen molar-refractivity contribution in [2.75, 3.05) is 19.0 Å². The van der Waals surface area contributed by atoms with Crippen LogP contribution >= 0.6 is 11.6 Å². The standard InChI is InChI=1S/C18H18ClNO4/c1-11-8-13(19)9-12(2)17(11)24-10-16(21)20-15-7-5-4-6-14(15)18(22)23-3/h4-9H,10H2,1-3H3,(H,20,21). The molecule has 0 fully saturated rings. The molecule has 24 heavy (non-hydrogen) atoms. The number of methoxy groups -OCH3 is 1. The predicted octanol–water partition coefficient (Wildman–Crippen LogP) is 3.76. The molecule has 0 aliphatic heterocycles. The van der Waals surface area contributed by atoms with Crippen molar-refractivity contribution in [2.24, 2.45) is 0 Å². The van der Waals surface area contributed by atoms with E-state index in [0.717, 1.165) is 11.1 Å². The maximum atomic E-state index is 12.1. The Morgan fingerprint density at radius 2 is 1.75 bits per heavy atom. The number of hydrogen-bond acceptors (Lipinski definition) is 4. The molecule has 0 atom stereocenters. The molecular weight excluding hydrogens is 330 g/mol. The molecule has 2 rings (SSSR count). The lowest BCUT2D eigenvalue weighted by Gasteiger charge is -2.13. The zero-order valence-electron chi connectivity index (χ0n) is 13.7. The highest BCUT2D eigenvalue weighted by atomic mass is 35.5. The number of para-hydroxylation sites is 1. The highest BCUT2D eigenvalue weighted by molar-refractivity contribution is 6.30. The quantitative estimate of drug-likeness (QED) is 0.836. The summed E-state index contributed by atoms with van der Waals surface area (Å²) in [4.78, 5) is 23.8. The summed E-state index contributed by atoms with van der Waals surface area (Å²) in [6.45, 7) is 3.54. The number of esters is 1. The zero-order valence-corrected chi connectivity index (χ0v) is 14.4. The number of ether oxygens (including phenoxy) is 2. The van der Waals surface area contributed by atoms with E-state index in [1.165, 1.54) is 7.11 Å². The largest absolute Gasteiger partial charge is 0.483 e. The number of benzene rings is 2. The summed E-state index contributed by atoms with van der Waals surface area (Å²) < 4.78 is 10.3. The first kappa shape index (κ1) is 17.8. The van der Waals surface area contributed by atoms with Gasteiger partial charge in [-0.2, -0.15) is 0 Å². The van der Waals surface area contributed by atoms with Crippen LogP contribution in [0.15, 0.2) is 36.4 Å². The van der Waals surface area contributed by atoms with Crippen molar-refractivity contribution in [3.05, 3.63) is 58.1 Å². The van der Waals surface area contributed by atoms with Crippen LogP contribution in [0.1, 0.15) is 21.5 Å². The van der Waals surface area contributed by atoms with E-state index in [0.29, 0.717) is 16.5 Å². The molecule has 5 nitrogen and oxygen atoms in total. The molecule has 1 N–H and O–H groups in total. The molecule has 0 bridgehead atoms. The van der Waals surface area contributed by atoms with E-state index in [1.54, 1.807) is 36.4 Å². The number of hydrogen-bond donors (Lipinski definition) is 1. The van der Waals surface area contributed by atoms with Gasteiger partial charge in [-0.3, -0.25) is 4.79 Å². The normalized spacial score (nSPS) is 10.2. The monoisotopic (exact) mass is 347 g/mol. The van der Waals surface area contributed by atoms with Crippen molar-refractivity contribution in [1.82, 2.24) is 0 Å². The van der Waals surface area contributed by atoms with Gasteiger partial charge >= 0.3 is 5.97 Å². The average Bonchev–Trinajstić information content (AvgIpc) is 2.53. The number of anilines is 1. The lowest BCUT2D eigenvalue weighted by atomic mass is 10.1. The van der Waals surface area contributed by atoms with Crippen LogP contribution in [0.5, 0.6) is 5.75 Å². The summed E-state index contributed by atoms with van der Waals surface area (Å²) >= 11 is 5.97. The van der Waals surface area contributed by atoms with Crippen LogP contribution in [-0.2, 0) is 9.53 Å². The lowest BCUT2D eigenvalue weighted by Crippen LogP contribution is -2.22. The smallest absolute Gasteiger partial charge is 0.339 e. The predicted molar refractivity (Wildman–Crippen MR) is 92.8 cm³/mol. The molecular formula is C18H18ClNO4. The summed E-state index contributed by atoms with van der Waals surface area (Å²) in [7, 11) is 1.29. The van der Waals surface area contributed by atoms with E-state index in [-0.39, 0.29) is 18.1 Å². The summed E-state index contributed by atoms with van der Waals surface area (Å²) in [6, 6.07) is 10.2. The highest BCUT2D eigenvalue weighted by Gasteiger charge is 2.14. The van der Waals surface area contributed by atoms with Crippen LogP contribution in [-0.4, -0.2) is 25.6 Å². The zero-order chi connectivity index (χ0) is 17.7. The van der Waals surface area contributed by atoms with Gasteiger partial charge in [0.05, 0.1) is 18.4 Å². The van der Waals surface area contributed by atoms with Crippen LogP contribution < -0.4 is 10.1 Å². The number of carbonyl (C=O) groups excluding carboxylic acids is 2. The Bertz CT molecular complexity index is 750. The molecule has 0 saturated carbocycles. The molecule has 126 valence electrons. The summed E-state index contributed by atoms with van der Waals surface area (Å²) in [5.41, 5.74) is 2.36. The van der Waals surface area contributed by atoms with Crippen molar-refractivity contribution in [3.8, 4) is 5.75 Å². The van der Waals surface area contributed by atoms with E-state index in [4.69, 9.17) is 21.1 Å². The van der Waals surface area contributed by atoms with Gasteiger partial charge in [-0.1, -0.05) is 23.7 Å². The number of nitrogens with one attached hydrogen (secondary N) is 1. The van der Waals surface area contributed by atoms with Crippen molar-refractivity contribution in [3.63, 3.8) is 0 Å². The van der Waals surface area contributed by atoms with Crippen LogP contribution in [0.4, 0.5) is 5.69 Å². The number of rotatable bonds is 5. The molecule has 0 saturated heterocycles. The second-order valence-electron chi connectivity index (χ2n) is 5.24. The minimum Gasteiger partial charge on any atom is -0.483 e. The molecule has 0 unspecified atom stereocenters. The van der Waals surface area contributed by atoms with Crippen LogP contribution in [0.25, 0.3) is 0 Å². The van der Waals surface area contributed by atoms with Crippen LogP contribution in [0, 0.1) is 13.8 Å². The fourth-order valence-corrected chi connectivity index (χ4v) is 2.66. The molecule has 0 spiro atoms. The van der Waals surface area contributed by atoms with Crippen LogP contribution in [0.3, 0.4) is 0 Å². The van der Waals surface area contributed by atoms with Gasteiger partial charge in [0.1, 0.15) is 5.75 Å². The van der Waals surface area contributed by atoms with E-state index >= 15 is 0 Å². The van der Waals surface area contributed by atoms with Crippen LogP contribution in [0.2, 0.25) is 5.02 Å². The SMILES string of the molecule is COC(=O)c1ccccc1NC(=O)COc1c(C)cc(Cl)cc1C. The average molecular weight is 348 g/mol. The van der Waals surface area contributed by atoms with E-state index in [1.807, 2.05) is 13.8 Å². The molecule has 0 radical (unpaired) electrons. The first-order chi connectivity index (χ1) is 11.4. The van der Waals surface area contributed by atoms with E-state index in [2.05, 4.69) is 5.32 Å². The van der Waals surface area contributed by atoms with Gasteiger partial charge < -0.3 is 14.8 Å². The maximum Gasteiger partial charge on any atom is 0.339 e. The van der Waals surface area contributed by atoms with Gasteiger partial charge in [-0.05, 0) is 49.2 Å². The summed E-state index contributed by atoms with van der Waals surface area (Å²) in [5.74, 6) is -0.271. The number of halogens is 1. The Balaban J connectivity index is 2.06. The van der Waals surface area contributed by atoms with Crippen molar-refractivity contribution >= 4 is 29.2 Å². The third kappa shape index (κ3) is 4.26. The Kier molecular flexibility index (Phi) is 5.82. The van der Waals surface area contributed by atoms with Gasteiger partial charge in [0.15, 0.2) is 6.61 Å². The Hall–Kier alpha value is -2.53. The Morgan fingerprint density at radius 1 is 1.12 bits per heavy atom. The fraction of sp³-hybridized carbons (Fsp3) is 0.222. The fourth-order valence-electron chi connectivity index (χ4n) is 2.33. The topological polar surface area (TPSA) is 64.6 Å². The van der Waals surface area contributed by atoms with E-state index in [9.17, 15) is 9.59 Å². The third-order valence-corrected chi connectivity index (χ3v) is 3.60. The second-order valence-corrected chi connectivity index (χ2v) is 5.68. The Labute approximate surface area is 145 Å². The summed E-state index contributed by atoms with van der Waals surface area (Å²) in [5, 5.41) is 3.27. The number of aryl methyl sites for hydroxylation is 2. The first-order valence-corrected chi connectivity index (χ1v) is 7.67. The minimum atomic E-state index is -0.517. The van der Waals surface area contributed by atoms with Gasteiger partial charge in [0, 0.05) is 5.02 Å². The molecule has 0 aliphatic carbocycles. The van der Waals surface area contributed by atoms with Crippen molar-refractivity contribution < 1.29 is 19.1 Å². The molecule has 1 amide bonds. The minimum absolute atomic E-state index is 0.182. The van der Waals surface area contributed by atoms with Gasteiger partial charge in [-0.15, -0.1) is 0 Å². The number of amides is 1. The van der Waals surface area contributed by atoms with Crippen molar-refractivity contribution in [2.45, 2.75) is 13.8 Å². The number of carbonyl (C=O) groups is 2. The third-order valence-electron chi connectivity index (χ3n) is 3.38. The summed E-state index contributed by atoms with van der Waals surface area (Å²) in [6.07, 6.45) is 0. The lowest BCUT2D eigenvalue weighted by molar-refractivity contribution is -0.118. The van der Waals surface area contributed by atoms with E-state index < -0.39 is 5.97 Å².